The minimum Gasteiger partial charge on any atom is -0.462 e. The second-order valence-electron chi connectivity index (χ2n) is 6.93. The molecule has 0 spiro atoms. The highest BCUT2D eigenvalue weighted by Crippen LogP contribution is 2.32. The Labute approximate surface area is 187 Å². The molecule has 0 saturated heterocycles. The fraction of sp³-hybridized carbons (Fsp3) is 0.182. The number of urea groups is 1. The Morgan fingerprint density at radius 2 is 2.03 bits per heavy atom. The molecule has 0 unspecified atom stereocenters. The summed E-state index contributed by atoms with van der Waals surface area (Å²) < 4.78 is 19.1. The summed E-state index contributed by atoms with van der Waals surface area (Å²) in [7, 11) is 0. The molecule has 0 aliphatic carbocycles. The summed E-state index contributed by atoms with van der Waals surface area (Å²) in [4.78, 5) is 30.2. The minimum atomic E-state index is -0.583. The molecular weight excluding hydrogens is 444 g/mol. The van der Waals surface area contributed by atoms with Gasteiger partial charge in [-0.25, -0.2) is 14.0 Å². The van der Waals surface area contributed by atoms with Crippen molar-refractivity contribution in [1.29, 1.82) is 0 Å². The first-order chi connectivity index (χ1) is 14.9. The summed E-state index contributed by atoms with van der Waals surface area (Å²) in [6, 6.07) is 8.62. The van der Waals surface area contributed by atoms with Crippen LogP contribution >= 0.6 is 23.2 Å². The fourth-order valence-corrected chi connectivity index (χ4v) is 3.98. The third-order valence-corrected chi connectivity index (χ3v) is 5.50. The van der Waals surface area contributed by atoms with Gasteiger partial charge in [0.05, 0.1) is 28.6 Å². The number of ether oxygens (including phenoxy) is 1. The van der Waals surface area contributed by atoms with Crippen LogP contribution in [0.3, 0.4) is 0 Å². The molecule has 31 heavy (non-hydrogen) atoms. The molecule has 2 amide bonds. The molecule has 2 aromatic carbocycles. The average molecular weight is 462 g/mol. The number of H-pyrrole nitrogens is 1. The number of halogens is 3. The lowest BCUT2D eigenvalue weighted by Crippen LogP contribution is -2.32. The molecule has 1 aliphatic heterocycles. The normalized spacial score (nSPS) is 13.4. The molecule has 160 valence electrons. The molecule has 2 heterocycles. The van der Waals surface area contributed by atoms with Gasteiger partial charge in [0.2, 0.25) is 0 Å². The fourth-order valence-electron chi connectivity index (χ4n) is 3.53. The van der Waals surface area contributed by atoms with E-state index in [2.05, 4.69) is 10.3 Å². The van der Waals surface area contributed by atoms with Gasteiger partial charge in [0, 0.05) is 28.7 Å². The molecule has 0 atom stereocenters. The number of amides is 2. The van der Waals surface area contributed by atoms with Crippen LogP contribution in [0.25, 0.3) is 16.5 Å². The number of esters is 1. The van der Waals surface area contributed by atoms with E-state index in [4.69, 9.17) is 27.9 Å². The molecule has 1 aliphatic rings. The molecule has 0 saturated carbocycles. The van der Waals surface area contributed by atoms with Crippen molar-refractivity contribution in [2.45, 2.75) is 13.3 Å². The van der Waals surface area contributed by atoms with Crippen molar-refractivity contribution in [3.63, 3.8) is 0 Å². The average Bonchev–Trinajstić information content (AvgIpc) is 2.95. The Kier molecular flexibility index (Phi) is 5.89. The number of anilines is 1. The smallest absolute Gasteiger partial charge is 0.341 e. The van der Waals surface area contributed by atoms with Crippen molar-refractivity contribution >= 4 is 57.4 Å². The summed E-state index contributed by atoms with van der Waals surface area (Å²) in [6.07, 6.45) is 1.84. The molecule has 3 aromatic rings. The van der Waals surface area contributed by atoms with Crippen LogP contribution in [-0.2, 0) is 16.0 Å². The number of fused-ring (bicyclic) bond motifs is 3. The van der Waals surface area contributed by atoms with Crippen molar-refractivity contribution in [2.24, 2.45) is 0 Å². The summed E-state index contributed by atoms with van der Waals surface area (Å²) in [5, 5.41) is 4.11. The number of carbonyl (C=O) groups excluding carboxylic acids is 2. The number of rotatable bonds is 3. The lowest BCUT2D eigenvalue weighted by atomic mass is 10.0. The minimum absolute atomic E-state index is 0.174. The number of hydrogen-bond acceptors (Lipinski definition) is 3. The maximum Gasteiger partial charge on any atom is 0.341 e. The largest absolute Gasteiger partial charge is 0.462 e. The molecule has 0 radical (unpaired) electrons. The van der Waals surface area contributed by atoms with E-state index in [0.29, 0.717) is 33.7 Å². The van der Waals surface area contributed by atoms with Gasteiger partial charge in [-0.15, -0.1) is 0 Å². The summed E-state index contributed by atoms with van der Waals surface area (Å²) in [6.45, 7) is 2.13. The predicted octanol–water partition coefficient (Wildman–Crippen LogP) is 5.61. The first-order valence-corrected chi connectivity index (χ1v) is 10.3. The van der Waals surface area contributed by atoms with Crippen LogP contribution < -0.4 is 5.32 Å². The Bertz CT molecular complexity index is 1220. The van der Waals surface area contributed by atoms with E-state index in [1.54, 1.807) is 25.1 Å². The molecule has 1 aromatic heterocycles. The number of aromatic amines is 1. The standard InChI is InChI=1S/C22H18Cl2FN3O3/c1-2-31-21(29)16-11-28(22(30)27-19-5-3-12(23)9-17(19)24)8-7-14-15-10-13(25)4-6-18(15)26-20(14)16/h3-6,9-11,26H,2,7-8H2,1H3,(H,27,30). The maximum atomic E-state index is 13.9. The predicted molar refractivity (Wildman–Crippen MR) is 119 cm³/mol. The Morgan fingerprint density at radius 1 is 1.23 bits per heavy atom. The second-order valence-corrected chi connectivity index (χ2v) is 7.77. The van der Waals surface area contributed by atoms with E-state index < -0.39 is 12.0 Å². The number of hydrogen-bond donors (Lipinski definition) is 2. The Morgan fingerprint density at radius 3 is 2.77 bits per heavy atom. The van der Waals surface area contributed by atoms with Crippen molar-refractivity contribution in [2.75, 3.05) is 18.5 Å². The number of carbonyl (C=O) groups is 2. The van der Waals surface area contributed by atoms with Crippen LogP contribution in [0.1, 0.15) is 18.2 Å². The molecule has 0 fully saturated rings. The zero-order valence-corrected chi connectivity index (χ0v) is 18.0. The molecule has 2 N–H and O–H groups in total. The van der Waals surface area contributed by atoms with Crippen molar-refractivity contribution in [1.82, 2.24) is 9.88 Å². The molecule has 0 bridgehead atoms. The SMILES string of the molecule is CCOC(=O)C1=CN(C(=O)Nc2ccc(Cl)cc2Cl)CCc2c1[nH]c1ccc(F)cc21. The molecule has 6 nitrogen and oxygen atoms in total. The third kappa shape index (κ3) is 4.24. The Balaban J connectivity index is 1.72. The van der Waals surface area contributed by atoms with Gasteiger partial charge in [0.1, 0.15) is 5.82 Å². The van der Waals surface area contributed by atoms with Gasteiger partial charge >= 0.3 is 12.0 Å². The topological polar surface area (TPSA) is 74.4 Å². The van der Waals surface area contributed by atoms with Crippen molar-refractivity contribution in [3.05, 3.63) is 69.7 Å². The van der Waals surface area contributed by atoms with E-state index in [1.807, 2.05) is 0 Å². The quantitative estimate of drug-likeness (QED) is 0.497. The first kappa shape index (κ1) is 21.2. The van der Waals surface area contributed by atoms with E-state index in [-0.39, 0.29) is 29.6 Å². The lowest BCUT2D eigenvalue weighted by molar-refractivity contribution is -0.136. The van der Waals surface area contributed by atoms with Gasteiger partial charge in [-0.3, -0.25) is 4.90 Å². The number of benzene rings is 2. The zero-order chi connectivity index (χ0) is 22.1. The third-order valence-electron chi connectivity index (χ3n) is 4.95. The number of nitrogens with one attached hydrogen (secondary N) is 2. The van der Waals surface area contributed by atoms with E-state index in [0.717, 1.165) is 5.56 Å². The first-order valence-electron chi connectivity index (χ1n) is 9.59. The van der Waals surface area contributed by atoms with Crippen LogP contribution in [0.2, 0.25) is 10.0 Å². The van der Waals surface area contributed by atoms with Crippen LogP contribution in [0.15, 0.2) is 42.6 Å². The molecular formula is C22H18Cl2FN3O3. The monoisotopic (exact) mass is 461 g/mol. The van der Waals surface area contributed by atoms with Crippen molar-refractivity contribution in [3.8, 4) is 0 Å². The number of nitrogens with zero attached hydrogens (tertiary/aromatic N) is 1. The zero-order valence-electron chi connectivity index (χ0n) is 16.5. The highest BCUT2D eigenvalue weighted by Gasteiger charge is 2.27. The summed E-state index contributed by atoms with van der Waals surface area (Å²) >= 11 is 12.1. The maximum absolute atomic E-state index is 13.9. The van der Waals surface area contributed by atoms with Gasteiger partial charge in [-0.1, -0.05) is 23.2 Å². The van der Waals surface area contributed by atoms with Crippen LogP contribution in [-0.4, -0.2) is 35.0 Å². The van der Waals surface area contributed by atoms with E-state index >= 15 is 0 Å². The van der Waals surface area contributed by atoms with E-state index in [1.165, 1.54) is 29.3 Å². The molecule has 4 rings (SSSR count). The summed E-state index contributed by atoms with van der Waals surface area (Å²) in [5.41, 5.74) is 2.53. The van der Waals surface area contributed by atoms with Gasteiger partial charge in [-0.2, -0.15) is 0 Å². The van der Waals surface area contributed by atoms with E-state index in [9.17, 15) is 14.0 Å². The molecule has 9 heteroatoms. The van der Waals surface area contributed by atoms with Gasteiger partial charge in [-0.05, 0) is 55.3 Å². The van der Waals surface area contributed by atoms with Crippen LogP contribution in [0.4, 0.5) is 14.9 Å². The Hall–Kier alpha value is -3.03. The highest BCUT2D eigenvalue weighted by molar-refractivity contribution is 6.36. The second kappa shape index (κ2) is 8.61. The van der Waals surface area contributed by atoms with Crippen LogP contribution in [0, 0.1) is 5.82 Å². The van der Waals surface area contributed by atoms with Gasteiger partial charge in [0.15, 0.2) is 0 Å². The van der Waals surface area contributed by atoms with Crippen molar-refractivity contribution < 1.29 is 18.7 Å². The number of aromatic nitrogens is 1. The van der Waals surface area contributed by atoms with Crippen LogP contribution in [0.5, 0.6) is 0 Å². The summed E-state index contributed by atoms with van der Waals surface area (Å²) in [5.74, 6) is -0.966. The lowest BCUT2D eigenvalue weighted by Gasteiger charge is -2.19. The highest BCUT2D eigenvalue weighted by atomic mass is 35.5. The van der Waals surface area contributed by atoms with Gasteiger partial charge in [0.25, 0.3) is 0 Å². The van der Waals surface area contributed by atoms with Gasteiger partial charge < -0.3 is 15.0 Å².